The SMILES string of the molecule is CC1CCN([C@H](CNC(=O)c2csc(-c3ccccn3)n2)C(C)C)CC1. The fraction of sp³-hybridized carbons (Fsp3) is 0.550. The number of aromatic nitrogens is 2. The van der Waals surface area contributed by atoms with Crippen molar-refractivity contribution >= 4 is 17.2 Å². The van der Waals surface area contributed by atoms with Crippen molar-refractivity contribution < 1.29 is 4.79 Å². The van der Waals surface area contributed by atoms with Crippen LogP contribution in [0.1, 0.15) is 44.1 Å². The Hall–Kier alpha value is -1.79. The van der Waals surface area contributed by atoms with Crippen LogP contribution in [0.3, 0.4) is 0 Å². The number of hydrogen-bond acceptors (Lipinski definition) is 5. The van der Waals surface area contributed by atoms with E-state index in [1.165, 1.54) is 24.2 Å². The average Bonchev–Trinajstić information content (AvgIpc) is 3.14. The van der Waals surface area contributed by atoms with Crippen molar-refractivity contribution in [2.24, 2.45) is 11.8 Å². The number of nitrogens with zero attached hydrogens (tertiary/aromatic N) is 3. The second-order valence-electron chi connectivity index (χ2n) is 7.49. The number of carbonyl (C=O) groups excluding carboxylic acids is 1. The molecule has 1 fully saturated rings. The first kappa shape index (κ1) is 19.0. The Labute approximate surface area is 159 Å². The summed E-state index contributed by atoms with van der Waals surface area (Å²) in [4.78, 5) is 23.8. The van der Waals surface area contributed by atoms with Gasteiger partial charge in [-0.1, -0.05) is 26.8 Å². The molecule has 3 heterocycles. The molecule has 1 saturated heterocycles. The van der Waals surface area contributed by atoms with Gasteiger partial charge in [-0.15, -0.1) is 11.3 Å². The summed E-state index contributed by atoms with van der Waals surface area (Å²) in [5, 5.41) is 5.69. The Balaban J connectivity index is 1.59. The maximum absolute atomic E-state index is 12.5. The smallest absolute Gasteiger partial charge is 0.270 e. The van der Waals surface area contributed by atoms with Gasteiger partial charge in [-0.3, -0.25) is 14.7 Å². The second-order valence-corrected chi connectivity index (χ2v) is 8.35. The lowest BCUT2D eigenvalue weighted by Gasteiger charge is -2.38. The zero-order chi connectivity index (χ0) is 18.5. The van der Waals surface area contributed by atoms with Crippen molar-refractivity contribution in [3.63, 3.8) is 0 Å². The molecule has 2 aromatic rings. The molecule has 1 aliphatic rings. The summed E-state index contributed by atoms with van der Waals surface area (Å²) in [6.07, 6.45) is 4.23. The Morgan fingerprint density at radius 2 is 2.12 bits per heavy atom. The number of hydrogen-bond donors (Lipinski definition) is 1. The van der Waals surface area contributed by atoms with Crippen LogP contribution < -0.4 is 5.32 Å². The van der Waals surface area contributed by atoms with Crippen LogP contribution in [0.5, 0.6) is 0 Å². The first-order chi connectivity index (χ1) is 12.5. The van der Waals surface area contributed by atoms with Gasteiger partial charge in [0.15, 0.2) is 0 Å². The van der Waals surface area contributed by atoms with Crippen molar-refractivity contribution in [1.29, 1.82) is 0 Å². The van der Waals surface area contributed by atoms with E-state index in [1.54, 1.807) is 6.20 Å². The summed E-state index contributed by atoms with van der Waals surface area (Å²) in [7, 11) is 0. The zero-order valence-electron chi connectivity index (χ0n) is 15.8. The minimum Gasteiger partial charge on any atom is -0.349 e. The first-order valence-corrected chi connectivity index (χ1v) is 10.3. The summed E-state index contributed by atoms with van der Waals surface area (Å²) >= 11 is 1.45. The summed E-state index contributed by atoms with van der Waals surface area (Å²) in [6.45, 7) is 9.71. The van der Waals surface area contributed by atoms with Gasteiger partial charge in [-0.05, 0) is 49.9 Å². The van der Waals surface area contributed by atoms with Crippen LogP contribution in [0.15, 0.2) is 29.8 Å². The van der Waals surface area contributed by atoms with Gasteiger partial charge in [0, 0.05) is 24.2 Å². The van der Waals surface area contributed by atoms with Crippen molar-refractivity contribution in [1.82, 2.24) is 20.2 Å². The van der Waals surface area contributed by atoms with Gasteiger partial charge >= 0.3 is 0 Å². The minimum atomic E-state index is -0.0977. The quantitative estimate of drug-likeness (QED) is 0.840. The van der Waals surface area contributed by atoms with Gasteiger partial charge in [-0.25, -0.2) is 4.98 Å². The van der Waals surface area contributed by atoms with E-state index in [2.05, 4.69) is 41.0 Å². The largest absolute Gasteiger partial charge is 0.349 e. The summed E-state index contributed by atoms with van der Waals surface area (Å²) < 4.78 is 0. The Morgan fingerprint density at radius 3 is 2.77 bits per heavy atom. The monoisotopic (exact) mass is 372 g/mol. The van der Waals surface area contributed by atoms with Crippen LogP contribution in [0.2, 0.25) is 0 Å². The molecule has 0 aromatic carbocycles. The normalized spacial score (nSPS) is 17.4. The van der Waals surface area contributed by atoms with Crippen LogP contribution in [-0.2, 0) is 0 Å². The molecule has 1 aliphatic heterocycles. The second kappa shape index (κ2) is 8.73. The Bertz CT molecular complexity index is 708. The third-order valence-corrected chi connectivity index (χ3v) is 6.01. The molecule has 0 spiro atoms. The summed E-state index contributed by atoms with van der Waals surface area (Å²) in [5.41, 5.74) is 1.28. The predicted octanol–water partition coefficient (Wildman–Crippen LogP) is 3.69. The van der Waals surface area contributed by atoms with E-state index in [1.807, 2.05) is 23.6 Å². The molecule has 3 rings (SSSR count). The lowest BCUT2D eigenvalue weighted by Crippen LogP contribution is -2.49. The molecular formula is C20H28N4OS. The highest BCUT2D eigenvalue weighted by Gasteiger charge is 2.26. The number of nitrogens with one attached hydrogen (secondary N) is 1. The van der Waals surface area contributed by atoms with E-state index in [9.17, 15) is 4.79 Å². The molecule has 1 N–H and O–H groups in total. The van der Waals surface area contributed by atoms with Crippen molar-refractivity contribution in [2.45, 2.75) is 39.7 Å². The standard InChI is InChI=1S/C20H28N4OS/c1-14(2)18(24-10-7-15(3)8-11-24)12-22-19(25)17-13-26-20(23-17)16-6-4-5-9-21-16/h4-6,9,13-15,18H,7-8,10-12H2,1-3H3,(H,22,25)/t18-/m1/s1. The highest BCUT2D eigenvalue weighted by molar-refractivity contribution is 7.13. The van der Waals surface area contributed by atoms with E-state index >= 15 is 0 Å². The molecule has 2 aromatic heterocycles. The van der Waals surface area contributed by atoms with Crippen LogP contribution in [0, 0.1) is 11.8 Å². The van der Waals surface area contributed by atoms with Gasteiger partial charge in [-0.2, -0.15) is 0 Å². The molecule has 0 unspecified atom stereocenters. The van der Waals surface area contributed by atoms with Gasteiger partial charge in [0.25, 0.3) is 5.91 Å². The molecule has 1 amide bonds. The van der Waals surface area contributed by atoms with Gasteiger partial charge in [0.2, 0.25) is 0 Å². The third-order valence-electron chi connectivity index (χ3n) is 5.15. The molecule has 0 saturated carbocycles. The highest BCUT2D eigenvalue weighted by Crippen LogP contribution is 2.22. The van der Waals surface area contributed by atoms with E-state index in [-0.39, 0.29) is 5.91 Å². The molecule has 0 bridgehead atoms. The van der Waals surface area contributed by atoms with Crippen LogP contribution in [0.25, 0.3) is 10.7 Å². The fourth-order valence-electron chi connectivity index (χ4n) is 3.42. The van der Waals surface area contributed by atoms with Gasteiger partial charge in [0.1, 0.15) is 10.7 Å². The van der Waals surface area contributed by atoms with Crippen LogP contribution in [0.4, 0.5) is 0 Å². The molecule has 6 heteroatoms. The maximum atomic E-state index is 12.5. The maximum Gasteiger partial charge on any atom is 0.270 e. The number of amides is 1. The van der Waals surface area contributed by atoms with Gasteiger partial charge in [0.05, 0.1) is 5.69 Å². The topological polar surface area (TPSA) is 58.1 Å². The molecule has 26 heavy (non-hydrogen) atoms. The third kappa shape index (κ3) is 4.68. The lowest BCUT2D eigenvalue weighted by atomic mass is 9.94. The number of piperidine rings is 1. The summed E-state index contributed by atoms with van der Waals surface area (Å²) in [5.74, 6) is 1.22. The Morgan fingerprint density at radius 1 is 1.35 bits per heavy atom. The van der Waals surface area contributed by atoms with Crippen molar-refractivity contribution in [3.8, 4) is 10.7 Å². The van der Waals surface area contributed by atoms with Crippen molar-refractivity contribution in [3.05, 3.63) is 35.5 Å². The van der Waals surface area contributed by atoms with Gasteiger partial charge < -0.3 is 5.32 Å². The van der Waals surface area contributed by atoms with E-state index < -0.39 is 0 Å². The molecule has 140 valence electrons. The zero-order valence-corrected chi connectivity index (χ0v) is 16.6. The molecule has 5 nitrogen and oxygen atoms in total. The molecular weight excluding hydrogens is 344 g/mol. The predicted molar refractivity (Wildman–Crippen MR) is 106 cm³/mol. The Kier molecular flexibility index (Phi) is 6.38. The van der Waals surface area contributed by atoms with E-state index in [4.69, 9.17) is 0 Å². The number of likely N-dealkylation sites (tertiary alicyclic amines) is 1. The van der Waals surface area contributed by atoms with Crippen LogP contribution >= 0.6 is 11.3 Å². The fourth-order valence-corrected chi connectivity index (χ4v) is 4.19. The number of rotatable bonds is 6. The lowest BCUT2D eigenvalue weighted by molar-refractivity contribution is 0.0859. The van der Waals surface area contributed by atoms with E-state index in [0.717, 1.165) is 29.7 Å². The van der Waals surface area contributed by atoms with E-state index in [0.29, 0.717) is 24.2 Å². The average molecular weight is 373 g/mol. The molecule has 0 aliphatic carbocycles. The van der Waals surface area contributed by atoms with Crippen LogP contribution in [-0.4, -0.2) is 46.5 Å². The summed E-state index contributed by atoms with van der Waals surface area (Å²) in [6, 6.07) is 6.08. The molecule has 0 radical (unpaired) electrons. The number of pyridine rings is 1. The number of carbonyl (C=O) groups is 1. The van der Waals surface area contributed by atoms with Crippen molar-refractivity contribution in [2.75, 3.05) is 19.6 Å². The minimum absolute atomic E-state index is 0.0977. The number of thiazole rings is 1. The molecule has 1 atom stereocenters. The highest BCUT2D eigenvalue weighted by atomic mass is 32.1. The first-order valence-electron chi connectivity index (χ1n) is 9.43.